The minimum absolute atomic E-state index is 0.154. The van der Waals surface area contributed by atoms with Gasteiger partial charge in [0.1, 0.15) is 11.6 Å². The standard InChI is InChI=1S/C9H8BrF2N/c1-2-8(13)9-6(11)3-5(10)4-7(9)12/h2-4,8H,1,13H2/t8-/m1/s1. The summed E-state index contributed by atoms with van der Waals surface area (Å²) >= 11 is 2.97. The zero-order chi connectivity index (χ0) is 10.0. The molecule has 0 bridgehead atoms. The van der Waals surface area contributed by atoms with Gasteiger partial charge >= 0.3 is 0 Å². The molecule has 0 aliphatic carbocycles. The zero-order valence-corrected chi connectivity index (χ0v) is 8.31. The highest BCUT2D eigenvalue weighted by molar-refractivity contribution is 9.10. The molecule has 1 aromatic carbocycles. The third-order valence-corrected chi connectivity index (χ3v) is 2.09. The fourth-order valence-corrected chi connectivity index (χ4v) is 1.39. The van der Waals surface area contributed by atoms with E-state index in [-0.39, 0.29) is 5.56 Å². The van der Waals surface area contributed by atoms with Crippen LogP contribution in [0.15, 0.2) is 29.3 Å². The van der Waals surface area contributed by atoms with E-state index in [1.165, 1.54) is 18.2 Å². The van der Waals surface area contributed by atoms with Crippen LogP contribution >= 0.6 is 15.9 Å². The first-order valence-corrected chi connectivity index (χ1v) is 4.38. The van der Waals surface area contributed by atoms with Crippen molar-refractivity contribution in [2.24, 2.45) is 5.73 Å². The lowest BCUT2D eigenvalue weighted by atomic mass is 10.1. The quantitative estimate of drug-likeness (QED) is 0.800. The molecule has 0 saturated heterocycles. The maximum Gasteiger partial charge on any atom is 0.132 e. The maximum atomic E-state index is 13.2. The molecule has 1 rings (SSSR count). The Morgan fingerprint density at radius 3 is 2.23 bits per heavy atom. The highest BCUT2D eigenvalue weighted by Crippen LogP contribution is 2.23. The molecule has 0 heterocycles. The fourth-order valence-electron chi connectivity index (χ4n) is 0.990. The minimum atomic E-state index is -0.812. The maximum absolute atomic E-state index is 13.2. The summed E-state index contributed by atoms with van der Waals surface area (Å²) < 4.78 is 26.7. The first kappa shape index (κ1) is 10.3. The largest absolute Gasteiger partial charge is 0.321 e. The molecule has 0 aliphatic rings. The highest BCUT2D eigenvalue weighted by atomic mass is 79.9. The summed E-state index contributed by atoms with van der Waals surface area (Å²) in [6, 6.07) is 1.52. The second-order valence-corrected chi connectivity index (χ2v) is 3.46. The fraction of sp³-hybridized carbons (Fsp3) is 0.111. The van der Waals surface area contributed by atoms with E-state index in [2.05, 4.69) is 22.5 Å². The molecular formula is C9H8BrF2N. The third kappa shape index (κ3) is 2.14. The van der Waals surface area contributed by atoms with E-state index in [1.807, 2.05) is 0 Å². The van der Waals surface area contributed by atoms with Crippen LogP contribution in [0.3, 0.4) is 0 Å². The van der Waals surface area contributed by atoms with E-state index >= 15 is 0 Å². The molecule has 0 aliphatic heterocycles. The van der Waals surface area contributed by atoms with Crippen LogP contribution in [0.25, 0.3) is 0 Å². The Morgan fingerprint density at radius 1 is 1.38 bits per heavy atom. The molecule has 13 heavy (non-hydrogen) atoms. The van der Waals surface area contributed by atoms with Crippen molar-refractivity contribution in [1.29, 1.82) is 0 Å². The van der Waals surface area contributed by atoms with Crippen molar-refractivity contribution in [3.63, 3.8) is 0 Å². The average molecular weight is 248 g/mol. The van der Waals surface area contributed by atoms with Crippen molar-refractivity contribution >= 4 is 15.9 Å². The molecule has 1 atom stereocenters. The topological polar surface area (TPSA) is 26.0 Å². The summed E-state index contributed by atoms with van der Waals surface area (Å²) in [7, 11) is 0. The Bertz CT molecular complexity index is 315. The number of nitrogens with two attached hydrogens (primary N) is 1. The molecule has 0 fully saturated rings. The summed E-state index contributed by atoms with van der Waals surface area (Å²) in [6.45, 7) is 3.37. The van der Waals surface area contributed by atoms with Gasteiger partial charge in [-0.05, 0) is 12.1 Å². The SMILES string of the molecule is C=C[C@@H](N)c1c(F)cc(Br)cc1F. The lowest BCUT2D eigenvalue weighted by molar-refractivity contribution is 0.545. The van der Waals surface area contributed by atoms with E-state index in [9.17, 15) is 8.78 Å². The van der Waals surface area contributed by atoms with Gasteiger partial charge in [-0.25, -0.2) is 8.78 Å². The molecule has 70 valence electrons. The number of rotatable bonds is 2. The van der Waals surface area contributed by atoms with Gasteiger partial charge in [0, 0.05) is 10.0 Å². The molecule has 4 heteroatoms. The second-order valence-electron chi connectivity index (χ2n) is 2.54. The van der Waals surface area contributed by atoms with Gasteiger partial charge in [-0.2, -0.15) is 0 Å². The predicted molar refractivity (Wildman–Crippen MR) is 51.2 cm³/mol. The summed E-state index contributed by atoms with van der Waals surface area (Å²) in [6.07, 6.45) is 1.29. The molecule has 1 aromatic rings. The Morgan fingerprint density at radius 2 is 1.85 bits per heavy atom. The van der Waals surface area contributed by atoms with Crippen LogP contribution in [0, 0.1) is 11.6 Å². The monoisotopic (exact) mass is 247 g/mol. The van der Waals surface area contributed by atoms with Gasteiger partial charge in [0.15, 0.2) is 0 Å². The van der Waals surface area contributed by atoms with Crippen molar-refractivity contribution in [2.75, 3.05) is 0 Å². The minimum Gasteiger partial charge on any atom is -0.321 e. The van der Waals surface area contributed by atoms with Gasteiger partial charge in [-0.1, -0.05) is 22.0 Å². The van der Waals surface area contributed by atoms with Crippen molar-refractivity contribution in [2.45, 2.75) is 6.04 Å². The van der Waals surface area contributed by atoms with Crippen molar-refractivity contribution in [3.8, 4) is 0 Å². The molecule has 2 N–H and O–H groups in total. The smallest absolute Gasteiger partial charge is 0.132 e. The van der Waals surface area contributed by atoms with E-state index in [0.29, 0.717) is 4.47 Å². The Kier molecular flexibility index (Phi) is 3.17. The van der Waals surface area contributed by atoms with Gasteiger partial charge in [0.05, 0.1) is 6.04 Å². The van der Waals surface area contributed by atoms with Crippen LogP contribution in [-0.2, 0) is 0 Å². The van der Waals surface area contributed by atoms with E-state index < -0.39 is 17.7 Å². The lowest BCUT2D eigenvalue weighted by Crippen LogP contribution is -2.11. The van der Waals surface area contributed by atoms with Crippen molar-refractivity contribution < 1.29 is 8.78 Å². The van der Waals surface area contributed by atoms with E-state index in [0.717, 1.165) is 0 Å². The molecular weight excluding hydrogens is 240 g/mol. The average Bonchev–Trinajstić information content (AvgIpc) is 2.02. The molecule has 1 nitrogen and oxygen atoms in total. The lowest BCUT2D eigenvalue weighted by Gasteiger charge is -2.09. The normalized spacial score (nSPS) is 12.6. The van der Waals surface area contributed by atoms with E-state index in [4.69, 9.17) is 5.73 Å². The molecule has 0 aromatic heterocycles. The van der Waals surface area contributed by atoms with Gasteiger partial charge < -0.3 is 5.73 Å². The molecule has 0 spiro atoms. The number of hydrogen-bond donors (Lipinski definition) is 1. The first-order chi connectivity index (χ1) is 6.06. The first-order valence-electron chi connectivity index (χ1n) is 3.59. The van der Waals surface area contributed by atoms with Crippen molar-refractivity contribution in [3.05, 3.63) is 46.5 Å². The second kappa shape index (κ2) is 3.98. The molecule has 0 unspecified atom stereocenters. The number of halogens is 3. The van der Waals surface area contributed by atoms with E-state index in [1.54, 1.807) is 0 Å². The third-order valence-electron chi connectivity index (χ3n) is 1.63. The van der Waals surface area contributed by atoms with Crippen LogP contribution in [0.4, 0.5) is 8.78 Å². The summed E-state index contributed by atoms with van der Waals surface area (Å²) in [5.74, 6) is -1.33. The molecule has 0 radical (unpaired) electrons. The van der Waals surface area contributed by atoms with Crippen molar-refractivity contribution in [1.82, 2.24) is 0 Å². The predicted octanol–water partition coefficient (Wildman–Crippen LogP) is 2.91. The van der Waals surface area contributed by atoms with Crippen LogP contribution in [0.5, 0.6) is 0 Å². The van der Waals surface area contributed by atoms with Gasteiger partial charge in [0.2, 0.25) is 0 Å². The zero-order valence-electron chi connectivity index (χ0n) is 6.73. The summed E-state index contributed by atoms with van der Waals surface area (Å²) in [5.41, 5.74) is 5.28. The van der Waals surface area contributed by atoms with Gasteiger partial charge in [-0.3, -0.25) is 0 Å². The summed E-state index contributed by atoms with van der Waals surface area (Å²) in [5, 5.41) is 0. The molecule has 0 saturated carbocycles. The Balaban J connectivity index is 3.28. The van der Waals surface area contributed by atoms with Crippen LogP contribution in [0.1, 0.15) is 11.6 Å². The van der Waals surface area contributed by atoms with Crippen LogP contribution < -0.4 is 5.73 Å². The Labute approximate surface area is 83.4 Å². The van der Waals surface area contributed by atoms with Gasteiger partial charge in [-0.15, -0.1) is 6.58 Å². The molecule has 0 amide bonds. The number of hydrogen-bond acceptors (Lipinski definition) is 1. The number of benzene rings is 1. The Hall–Kier alpha value is -0.740. The highest BCUT2D eigenvalue weighted by Gasteiger charge is 2.14. The summed E-state index contributed by atoms with van der Waals surface area (Å²) in [4.78, 5) is 0. The van der Waals surface area contributed by atoms with Crippen LogP contribution in [-0.4, -0.2) is 0 Å². The van der Waals surface area contributed by atoms with Crippen LogP contribution in [0.2, 0.25) is 0 Å². The van der Waals surface area contributed by atoms with Gasteiger partial charge in [0.25, 0.3) is 0 Å².